The van der Waals surface area contributed by atoms with Crippen LogP contribution in [0.25, 0.3) is 6.08 Å². The lowest BCUT2D eigenvalue weighted by Crippen LogP contribution is -2.35. The fourth-order valence-corrected chi connectivity index (χ4v) is 1.75. The van der Waals surface area contributed by atoms with E-state index >= 15 is 0 Å². The molecule has 1 unspecified atom stereocenters. The van der Waals surface area contributed by atoms with Gasteiger partial charge in [0.15, 0.2) is 0 Å². The molecule has 0 saturated carbocycles. The Morgan fingerprint density at radius 1 is 1.60 bits per heavy atom. The summed E-state index contributed by atoms with van der Waals surface area (Å²) in [6.45, 7) is 0.329. The smallest absolute Gasteiger partial charge is 0.246 e. The Hall–Kier alpha value is -1.43. The van der Waals surface area contributed by atoms with Crippen LogP contribution in [0.4, 0.5) is 4.39 Å². The monoisotopic (exact) mass is 301 g/mol. The molecule has 0 radical (unpaired) electrons. The summed E-state index contributed by atoms with van der Waals surface area (Å²) in [5.74, 6) is -0.782. The molecule has 0 aromatic heterocycles. The van der Waals surface area contributed by atoms with E-state index < -0.39 is 11.9 Å². The lowest BCUT2D eigenvalue weighted by atomic mass is 10.2. The summed E-state index contributed by atoms with van der Waals surface area (Å²) in [5, 5.41) is 9.52. The first-order valence-electron chi connectivity index (χ1n) is 5.99. The number of likely N-dealkylation sites (N-methyl/N-ethyl adjacent to an activating group) is 1. The number of benzene rings is 1. The predicted octanol–water partition coefficient (Wildman–Crippen LogP) is 1.96. The predicted molar refractivity (Wildman–Crippen MR) is 76.0 cm³/mol. The van der Waals surface area contributed by atoms with Crippen molar-refractivity contribution < 1.29 is 19.0 Å². The van der Waals surface area contributed by atoms with E-state index in [0.29, 0.717) is 5.56 Å². The Morgan fingerprint density at radius 3 is 2.90 bits per heavy atom. The van der Waals surface area contributed by atoms with Crippen LogP contribution in [0, 0.1) is 5.82 Å². The van der Waals surface area contributed by atoms with Crippen molar-refractivity contribution in [1.82, 2.24) is 4.90 Å². The molecule has 0 saturated heterocycles. The summed E-state index contributed by atoms with van der Waals surface area (Å²) >= 11 is 5.64. The van der Waals surface area contributed by atoms with Crippen molar-refractivity contribution in [3.05, 3.63) is 40.7 Å². The maximum Gasteiger partial charge on any atom is 0.246 e. The molecule has 0 aliphatic carbocycles. The van der Waals surface area contributed by atoms with Gasteiger partial charge in [-0.15, -0.1) is 0 Å². The van der Waals surface area contributed by atoms with Crippen LogP contribution in [-0.4, -0.2) is 49.3 Å². The number of nitrogens with zero attached hydrogens (tertiary/aromatic N) is 1. The van der Waals surface area contributed by atoms with Gasteiger partial charge < -0.3 is 14.7 Å². The average molecular weight is 302 g/mol. The molecule has 1 aromatic rings. The van der Waals surface area contributed by atoms with Crippen molar-refractivity contribution in [2.24, 2.45) is 0 Å². The van der Waals surface area contributed by atoms with Crippen molar-refractivity contribution in [1.29, 1.82) is 0 Å². The molecule has 110 valence electrons. The number of carbonyl (C=O) groups excluding carboxylic acids is 1. The number of aliphatic hydroxyl groups is 1. The van der Waals surface area contributed by atoms with Crippen LogP contribution in [0.5, 0.6) is 0 Å². The number of hydrogen-bond acceptors (Lipinski definition) is 3. The zero-order chi connectivity index (χ0) is 15.1. The topological polar surface area (TPSA) is 49.8 Å². The van der Waals surface area contributed by atoms with Gasteiger partial charge >= 0.3 is 0 Å². The van der Waals surface area contributed by atoms with Gasteiger partial charge in [0.05, 0.1) is 17.7 Å². The maximum absolute atomic E-state index is 13.0. The summed E-state index contributed by atoms with van der Waals surface area (Å²) in [7, 11) is 3.05. The van der Waals surface area contributed by atoms with E-state index in [9.17, 15) is 14.3 Å². The second-order valence-corrected chi connectivity index (χ2v) is 4.74. The molecule has 0 fully saturated rings. The highest BCUT2D eigenvalue weighted by Gasteiger charge is 2.11. The Kier molecular flexibility index (Phi) is 6.64. The van der Waals surface area contributed by atoms with Crippen LogP contribution in [0.3, 0.4) is 0 Å². The largest absolute Gasteiger partial charge is 0.389 e. The summed E-state index contributed by atoms with van der Waals surface area (Å²) in [6.07, 6.45) is 2.14. The first-order valence-corrected chi connectivity index (χ1v) is 6.37. The third kappa shape index (κ3) is 5.28. The molecule has 0 bridgehead atoms. The molecule has 1 N–H and O–H groups in total. The molecule has 0 aliphatic heterocycles. The minimum Gasteiger partial charge on any atom is -0.389 e. The zero-order valence-electron chi connectivity index (χ0n) is 11.3. The number of hydrogen-bond donors (Lipinski definition) is 1. The van der Waals surface area contributed by atoms with E-state index in [1.807, 2.05) is 0 Å². The normalized spacial score (nSPS) is 12.7. The van der Waals surface area contributed by atoms with E-state index in [1.165, 1.54) is 42.4 Å². The van der Waals surface area contributed by atoms with Gasteiger partial charge in [-0.1, -0.05) is 17.7 Å². The highest BCUT2D eigenvalue weighted by Crippen LogP contribution is 2.16. The van der Waals surface area contributed by atoms with Gasteiger partial charge in [0.25, 0.3) is 0 Å². The minimum absolute atomic E-state index is 0.00321. The van der Waals surface area contributed by atoms with Crippen molar-refractivity contribution in [3.8, 4) is 0 Å². The Bertz CT molecular complexity index is 493. The molecular weight excluding hydrogens is 285 g/mol. The molecule has 0 heterocycles. The number of carbonyl (C=O) groups is 1. The average Bonchev–Trinajstić information content (AvgIpc) is 2.39. The molecule has 20 heavy (non-hydrogen) atoms. The van der Waals surface area contributed by atoms with E-state index in [4.69, 9.17) is 16.3 Å². The Morgan fingerprint density at radius 2 is 2.30 bits per heavy atom. The number of aliphatic hydroxyl groups excluding tert-OH is 1. The van der Waals surface area contributed by atoms with Crippen LogP contribution in [0.2, 0.25) is 5.02 Å². The van der Waals surface area contributed by atoms with Gasteiger partial charge in [0.2, 0.25) is 5.91 Å². The number of halogens is 2. The Balaban J connectivity index is 2.60. The quantitative estimate of drug-likeness (QED) is 0.817. The second kappa shape index (κ2) is 7.99. The molecular formula is C14H17ClFNO3. The van der Waals surface area contributed by atoms with Gasteiger partial charge in [-0.05, 0) is 23.8 Å². The van der Waals surface area contributed by atoms with E-state index in [-0.39, 0.29) is 24.1 Å². The molecule has 6 heteroatoms. The number of rotatable bonds is 6. The minimum atomic E-state index is -0.734. The molecule has 1 aromatic carbocycles. The van der Waals surface area contributed by atoms with Crippen molar-refractivity contribution >= 4 is 23.6 Å². The van der Waals surface area contributed by atoms with Gasteiger partial charge in [0, 0.05) is 26.8 Å². The molecule has 1 amide bonds. The zero-order valence-corrected chi connectivity index (χ0v) is 12.1. The van der Waals surface area contributed by atoms with Crippen molar-refractivity contribution in [3.63, 3.8) is 0 Å². The summed E-state index contributed by atoms with van der Waals surface area (Å²) in [4.78, 5) is 13.2. The number of ether oxygens (including phenoxy) is 1. The molecule has 1 atom stereocenters. The lowest BCUT2D eigenvalue weighted by molar-refractivity contribution is -0.126. The molecule has 0 spiro atoms. The molecule has 4 nitrogen and oxygen atoms in total. The molecule has 1 rings (SSSR count). The van der Waals surface area contributed by atoms with E-state index in [0.717, 1.165) is 0 Å². The number of amides is 1. The van der Waals surface area contributed by atoms with Gasteiger partial charge in [-0.3, -0.25) is 4.79 Å². The standard InChI is InChI=1S/C14H17ClFNO3/c1-17(8-11(18)9-20-2)14(19)6-4-10-3-5-13(16)12(15)7-10/h3-7,11,18H,8-9H2,1-2H3. The highest BCUT2D eigenvalue weighted by atomic mass is 35.5. The lowest BCUT2D eigenvalue weighted by Gasteiger charge is -2.18. The molecule has 0 aliphatic rings. The number of methoxy groups -OCH3 is 1. The third-order valence-corrected chi connectivity index (χ3v) is 2.87. The van der Waals surface area contributed by atoms with Crippen LogP contribution in [0.15, 0.2) is 24.3 Å². The first kappa shape index (κ1) is 16.6. The van der Waals surface area contributed by atoms with Gasteiger partial charge in [0.1, 0.15) is 5.82 Å². The highest BCUT2D eigenvalue weighted by molar-refractivity contribution is 6.30. The summed E-state index contributed by atoms with van der Waals surface area (Å²) < 4.78 is 17.8. The van der Waals surface area contributed by atoms with E-state index in [1.54, 1.807) is 7.05 Å². The van der Waals surface area contributed by atoms with Crippen LogP contribution in [0.1, 0.15) is 5.56 Å². The second-order valence-electron chi connectivity index (χ2n) is 4.33. The fraction of sp³-hybridized carbons (Fsp3) is 0.357. The summed E-state index contributed by atoms with van der Waals surface area (Å²) in [6, 6.07) is 4.18. The third-order valence-electron chi connectivity index (χ3n) is 2.58. The summed E-state index contributed by atoms with van der Waals surface area (Å²) in [5.41, 5.74) is 0.621. The van der Waals surface area contributed by atoms with Crippen molar-refractivity contribution in [2.75, 3.05) is 27.3 Å². The van der Waals surface area contributed by atoms with Crippen LogP contribution >= 0.6 is 11.6 Å². The maximum atomic E-state index is 13.0. The van der Waals surface area contributed by atoms with Crippen molar-refractivity contribution in [2.45, 2.75) is 6.10 Å². The van der Waals surface area contributed by atoms with Gasteiger partial charge in [-0.2, -0.15) is 0 Å². The van der Waals surface area contributed by atoms with Gasteiger partial charge in [-0.25, -0.2) is 4.39 Å². The SMILES string of the molecule is COCC(O)CN(C)C(=O)C=Cc1ccc(F)c(Cl)c1. The van der Waals surface area contributed by atoms with Crippen LogP contribution in [-0.2, 0) is 9.53 Å². The Labute approximate surface area is 122 Å². The van der Waals surface area contributed by atoms with E-state index in [2.05, 4.69) is 0 Å². The first-order chi connectivity index (χ1) is 9.43. The fourth-order valence-electron chi connectivity index (χ4n) is 1.56. The van der Waals surface area contributed by atoms with Crippen LogP contribution < -0.4 is 0 Å².